The van der Waals surface area contributed by atoms with Gasteiger partial charge in [-0.2, -0.15) is 0 Å². The summed E-state index contributed by atoms with van der Waals surface area (Å²) >= 11 is 16.1. The average molecular weight is 345 g/mol. The first-order chi connectivity index (χ1) is 8.58. The van der Waals surface area contributed by atoms with Gasteiger partial charge in [0.15, 0.2) is 0 Å². The Morgan fingerprint density at radius 3 is 2.83 bits per heavy atom. The van der Waals surface area contributed by atoms with E-state index in [1.807, 2.05) is 12.1 Å². The van der Waals surface area contributed by atoms with E-state index in [9.17, 15) is 0 Å². The summed E-state index contributed by atoms with van der Waals surface area (Å²) in [4.78, 5) is 3.97. The van der Waals surface area contributed by atoms with Crippen LogP contribution < -0.4 is 0 Å². The fourth-order valence-corrected chi connectivity index (χ4v) is 2.80. The molecule has 0 amide bonds. The summed E-state index contributed by atoms with van der Waals surface area (Å²) in [6.07, 6.45) is 4.08. The second-order valence-electron chi connectivity index (χ2n) is 4.14. The van der Waals surface area contributed by atoms with E-state index in [0.717, 1.165) is 15.6 Å². The molecule has 0 saturated heterocycles. The Morgan fingerprint density at radius 1 is 1.33 bits per heavy atom. The maximum atomic E-state index is 6.49. The van der Waals surface area contributed by atoms with E-state index in [0.29, 0.717) is 11.4 Å². The number of nitrogens with zero attached hydrogens (tertiary/aromatic N) is 1. The third-order valence-electron chi connectivity index (χ3n) is 2.83. The first-order valence-electron chi connectivity index (χ1n) is 5.56. The SMILES string of the molecule is Cc1ccc(Br)cc1C(Cl)Cc1ccncc1Cl. The highest BCUT2D eigenvalue weighted by Gasteiger charge is 2.13. The summed E-state index contributed by atoms with van der Waals surface area (Å²) in [5, 5.41) is 0.568. The third-order valence-corrected chi connectivity index (χ3v) is 4.06. The summed E-state index contributed by atoms with van der Waals surface area (Å²) in [5.41, 5.74) is 3.33. The lowest BCUT2D eigenvalue weighted by molar-refractivity contribution is 0.906. The van der Waals surface area contributed by atoms with E-state index in [4.69, 9.17) is 23.2 Å². The van der Waals surface area contributed by atoms with E-state index >= 15 is 0 Å². The van der Waals surface area contributed by atoms with Crippen molar-refractivity contribution < 1.29 is 0 Å². The summed E-state index contributed by atoms with van der Waals surface area (Å²) in [6, 6.07) is 8.04. The molecule has 1 unspecified atom stereocenters. The van der Waals surface area contributed by atoms with Crippen molar-refractivity contribution in [2.45, 2.75) is 18.7 Å². The van der Waals surface area contributed by atoms with Crippen molar-refractivity contribution in [3.63, 3.8) is 0 Å². The van der Waals surface area contributed by atoms with E-state index in [-0.39, 0.29) is 5.38 Å². The number of benzene rings is 1. The predicted molar refractivity (Wildman–Crippen MR) is 80.4 cm³/mol. The second-order valence-corrected chi connectivity index (χ2v) is 5.99. The first kappa shape index (κ1) is 13.9. The lowest BCUT2D eigenvalue weighted by atomic mass is 10.0. The van der Waals surface area contributed by atoms with Crippen LogP contribution >= 0.6 is 39.1 Å². The van der Waals surface area contributed by atoms with Crippen LogP contribution in [-0.2, 0) is 6.42 Å². The molecule has 4 heteroatoms. The lowest BCUT2D eigenvalue weighted by Crippen LogP contribution is -1.99. The molecular weight excluding hydrogens is 333 g/mol. The van der Waals surface area contributed by atoms with Crippen LogP contribution in [0.4, 0.5) is 0 Å². The minimum Gasteiger partial charge on any atom is -0.263 e. The highest BCUT2D eigenvalue weighted by Crippen LogP contribution is 2.31. The van der Waals surface area contributed by atoms with Gasteiger partial charge in [-0.3, -0.25) is 4.98 Å². The Hall–Kier alpha value is -0.570. The molecule has 1 aromatic carbocycles. The molecule has 1 atom stereocenters. The molecule has 0 bridgehead atoms. The number of hydrogen-bond acceptors (Lipinski definition) is 1. The van der Waals surface area contributed by atoms with Crippen LogP contribution in [-0.4, -0.2) is 4.98 Å². The molecule has 0 radical (unpaired) electrons. The highest BCUT2D eigenvalue weighted by atomic mass is 79.9. The van der Waals surface area contributed by atoms with Gasteiger partial charge < -0.3 is 0 Å². The number of alkyl halides is 1. The van der Waals surface area contributed by atoms with E-state index < -0.39 is 0 Å². The van der Waals surface area contributed by atoms with Gasteiger partial charge in [-0.1, -0.05) is 33.6 Å². The molecule has 2 rings (SSSR count). The van der Waals surface area contributed by atoms with Crippen molar-refractivity contribution in [3.8, 4) is 0 Å². The molecule has 0 N–H and O–H groups in total. The van der Waals surface area contributed by atoms with Gasteiger partial charge in [0.2, 0.25) is 0 Å². The maximum absolute atomic E-state index is 6.49. The van der Waals surface area contributed by atoms with Crippen molar-refractivity contribution in [3.05, 3.63) is 62.8 Å². The van der Waals surface area contributed by atoms with Gasteiger partial charge in [-0.05, 0) is 48.2 Å². The molecule has 94 valence electrons. The zero-order valence-electron chi connectivity index (χ0n) is 9.83. The normalized spacial score (nSPS) is 12.4. The molecule has 1 aromatic heterocycles. The fraction of sp³-hybridized carbons (Fsp3) is 0.214. The zero-order valence-corrected chi connectivity index (χ0v) is 12.9. The van der Waals surface area contributed by atoms with Crippen molar-refractivity contribution in [2.75, 3.05) is 0 Å². The van der Waals surface area contributed by atoms with Gasteiger partial charge in [0.05, 0.1) is 10.4 Å². The van der Waals surface area contributed by atoms with Gasteiger partial charge >= 0.3 is 0 Å². The predicted octanol–water partition coefficient (Wildman–Crippen LogP) is 5.33. The lowest BCUT2D eigenvalue weighted by Gasteiger charge is -2.14. The topological polar surface area (TPSA) is 12.9 Å². The number of aryl methyl sites for hydroxylation is 1. The Bertz CT molecular complexity index is 557. The molecule has 1 nitrogen and oxygen atoms in total. The van der Waals surface area contributed by atoms with Gasteiger partial charge in [-0.25, -0.2) is 0 Å². The molecule has 0 saturated carbocycles. The summed E-state index contributed by atoms with van der Waals surface area (Å²) in [5.74, 6) is 0. The zero-order chi connectivity index (χ0) is 13.1. The summed E-state index contributed by atoms with van der Waals surface area (Å²) in [6.45, 7) is 2.06. The van der Waals surface area contributed by atoms with Crippen LogP contribution in [0.1, 0.15) is 22.1 Å². The van der Waals surface area contributed by atoms with E-state index in [1.165, 1.54) is 5.56 Å². The summed E-state index contributed by atoms with van der Waals surface area (Å²) < 4.78 is 1.04. The minimum atomic E-state index is -0.0950. The van der Waals surface area contributed by atoms with Crippen molar-refractivity contribution in [2.24, 2.45) is 0 Å². The number of pyridine rings is 1. The molecular formula is C14H12BrCl2N. The molecule has 0 fully saturated rings. The monoisotopic (exact) mass is 343 g/mol. The largest absolute Gasteiger partial charge is 0.263 e. The van der Waals surface area contributed by atoms with Crippen molar-refractivity contribution >= 4 is 39.1 Å². The Kier molecular flexibility index (Phi) is 4.66. The van der Waals surface area contributed by atoms with Crippen LogP contribution in [0.3, 0.4) is 0 Å². The van der Waals surface area contributed by atoms with Gasteiger partial charge in [0, 0.05) is 16.9 Å². The van der Waals surface area contributed by atoms with Gasteiger partial charge in [0.25, 0.3) is 0 Å². The van der Waals surface area contributed by atoms with Crippen molar-refractivity contribution in [1.82, 2.24) is 4.98 Å². The standard InChI is InChI=1S/C14H12BrCl2N/c1-9-2-3-11(15)7-12(9)13(16)6-10-4-5-18-8-14(10)17/h2-5,7-8,13H,6H2,1H3. The molecule has 2 aromatic rings. The van der Waals surface area contributed by atoms with Crippen LogP contribution in [0, 0.1) is 6.92 Å². The van der Waals surface area contributed by atoms with E-state index in [1.54, 1.807) is 12.4 Å². The summed E-state index contributed by atoms with van der Waals surface area (Å²) in [7, 11) is 0. The van der Waals surface area contributed by atoms with Crippen LogP contribution in [0.2, 0.25) is 5.02 Å². The van der Waals surface area contributed by atoms with Crippen LogP contribution in [0.5, 0.6) is 0 Å². The number of aromatic nitrogens is 1. The van der Waals surface area contributed by atoms with Crippen molar-refractivity contribution in [1.29, 1.82) is 0 Å². The second kappa shape index (κ2) is 6.05. The average Bonchev–Trinajstić information content (AvgIpc) is 2.35. The van der Waals surface area contributed by atoms with Crippen LogP contribution in [0.25, 0.3) is 0 Å². The number of hydrogen-bond donors (Lipinski definition) is 0. The Morgan fingerprint density at radius 2 is 2.11 bits per heavy atom. The molecule has 18 heavy (non-hydrogen) atoms. The molecule has 0 aliphatic carbocycles. The molecule has 0 aliphatic heterocycles. The number of rotatable bonds is 3. The molecule has 1 heterocycles. The molecule has 0 spiro atoms. The quantitative estimate of drug-likeness (QED) is 0.686. The number of halogens is 3. The minimum absolute atomic E-state index is 0.0950. The van der Waals surface area contributed by atoms with Gasteiger partial charge in [-0.15, -0.1) is 11.6 Å². The van der Waals surface area contributed by atoms with E-state index in [2.05, 4.69) is 40.0 Å². The first-order valence-corrected chi connectivity index (χ1v) is 7.17. The van der Waals surface area contributed by atoms with Gasteiger partial charge in [0.1, 0.15) is 0 Å². The maximum Gasteiger partial charge on any atom is 0.0629 e. The third kappa shape index (κ3) is 3.25. The molecule has 0 aliphatic rings. The van der Waals surface area contributed by atoms with Crippen LogP contribution in [0.15, 0.2) is 41.1 Å². The fourth-order valence-electron chi connectivity index (χ4n) is 1.82. The Balaban J connectivity index is 2.25. The Labute approximate surface area is 125 Å². The smallest absolute Gasteiger partial charge is 0.0629 e. The highest BCUT2D eigenvalue weighted by molar-refractivity contribution is 9.10.